The van der Waals surface area contributed by atoms with Crippen LogP contribution in [0, 0.1) is 23.7 Å². The van der Waals surface area contributed by atoms with Crippen molar-refractivity contribution in [1.29, 1.82) is 0 Å². The summed E-state index contributed by atoms with van der Waals surface area (Å²) < 4.78 is 68.7. The zero-order chi connectivity index (χ0) is 73.8. The first kappa shape index (κ1) is 98.1. The molecule has 0 aliphatic heterocycles. The molecule has 0 saturated heterocycles. The molecule has 0 aromatic rings. The van der Waals surface area contributed by atoms with E-state index in [0.29, 0.717) is 25.7 Å². The van der Waals surface area contributed by atoms with Crippen molar-refractivity contribution >= 4 is 39.5 Å². The van der Waals surface area contributed by atoms with E-state index in [9.17, 15) is 43.2 Å². The maximum atomic E-state index is 13.1. The van der Waals surface area contributed by atoms with E-state index in [0.717, 1.165) is 114 Å². The van der Waals surface area contributed by atoms with Crippen LogP contribution in [0.3, 0.4) is 0 Å². The van der Waals surface area contributed by atoms with Crippen LogP contribution >= 0.6 is 15.6 Å². The number of phosphoric acid groups is 2. The lowest BCUT2D eigenvalue weighted by Gasteiger charge is -2.21. The van der Waals surface area contributed by atoms with Crippen molar-refractivity contribution in [3.05, 3.63) is 0 Å². The lowest BCUT2D eigenvalue weighted by atomic mass is 9.99. The molecular formula is C81H158O17P2. The van der Waals surface area contributed by atoms with E-state index in [2.05, 4.69) is 55.4 Å². The van der Waals surface area contributed by atoms with Gasteiger partial charge < -0.3 is 33.8 Å². The van der Waals surface area contributed by atoms with E-state index in [1.54, 1.807) is 0 Å². The van der Waals surface area contributed by atoms with Gasteiger partial charge in [-0.1, -0.05) is 364 Å². The highest BCUT2D eigenvalue weighted by Crippen LogP contribution is 2.45. The van der Waals surface area contributed by atoms with Crippen LogP contribution in [0.25, 0.3) is 0 Å². The van der Waals surface area contributed by atoms with Crippen LogP contribution in [0.1, 0.15) is 415 Å². The van der Waals surface area contributed by atoms with Gasteiger partial charge in [-0.3, -0.25) is 37.3 Å². The number of hydrogen-bond acceptors (Lipinski definition) is 15. The van der Waals surface area contributed by atoms with Gasteiger partial charge in [-0.2, -0.15) is 0 Å². The molecule has 17 nitrogen and oxygen atoms in total. The highest BCUT2D eigenvalue weighted by Gasteiger charge is 2.30. The van der Waals surface area contributed by atoms with Crippen molar-refractivity contribution < 1.29 is 80.2 Å². The molecule has 0 aromatic carbocycles. The standard InChI is InChI=1S/C81H158O17P2/c1-9-72(6)58-50-42-34-26-20-18-16-14-12-13-15-17-19-21-29-39-47-55-63-80(85)97-76(67-91-78(83)61-53-45-37-28-23-22-27-35-43-51-59-73(7)10-2)69-95-99(87,88)93-65-75(82)66-94-100(89,90)96-70-77(98-81(86)64-56-48-40-30-24-25-33-41-49-57-71(4)5)68-92-79(84)62-54-46-38-32-31-36-44-52-60-74(8)11-3/h71-77,82H,9-70H2,1-8H3,(H,87,88)(H,89,90)/t72?,73?,74?,75-,76-,77-/m1/s1. The summed E-state index contributed by atoms with van der Waals surface area (Å²) in [5.41, 5.74) is 0. The van der Waals surface area contributed by atoms with Crippen LogP contribution in [0.2, 0.25) is 0 Å². The lowest BCUT2D eigenvalue weighted by Crippen LogP contribution is -2.30. The molecule has 19 heteroatoms. The average molecular weight is 1470 g/mol. The van der Waals surface area contributed by atoms with E-state index in [4.69, 9.17) is 37.0 Å². The molecule has 0 saturated carbocycles. The first-order valence-corrected chi connectivity index (χ1v) is 44.8. The number of unbranched alkanes of at least 4 members (excludes halogenated alkanes) is 41. The van der Waals surface area contributed by atoms with E-state index < -0.39 is 97.5 Å². The van der Waals surface area contributed by atoms with Gasteiger partial charge in [0.25, 0.3) is 0 Å². The molecular weight excluding hydrogens is 1310 g/mol. The molecule has 0 bridgehead atoms. The highest BCUT2D eigenvalue weighted by atomic mass is 31.2. The zero-order valence-corrected chi connectivity index (χ0v) is 67.6. The van der Waals surface area contributed by atoms with Gasteiger partial charge in [0.15, 0.2) is 12.2 Å². The van der Waals surface area contributed by atoms with Gasteiger partial charge in [-0.25, -0.2) is 9.13 Å². The second-order valence-electron chi connectivity index (χ2n) is 30.4. The van der Waals surface area contributed by atoms with Gasteiger partial charge in [-0.15, -0.1) is 0 Å². The Bertz CT molecular complexity index is 1960. The van der Waals surface area contributed by atoms with Crippen LogP contribution in [-0.4, -0.2) is 96.7 Å². The minimum Gasteiger partial charge on any atom is -0.462 e. The Morgan fingerprint density at radius 3 is 0.710 bits per heavy atom. The molecule has 0 aliphatic carbocycles. The topological polar surface area (TPSA) is 237 Å². The SMILES string of the molecule is CCC(C)CCCCCCCCCCCCCCCCCCCCC(=O)O[C@H](COC(=O)CCCCCCCCCCCCC(C)CC)COP(=O)(O)OC[C@@H](O)COP(=O)(O)OC[C@@H](COC(=O)CCCCCCCCCCC(C)CC)OC(=O)CCCCCCCCCCCC(C)C. The first-order chi connectivity index (χ1) is 48.2. The summed E-state index contributed by atoms with van der Waals surface area (Å²) in [4.78, 5) is 73.0. The monoisotopic (exact) mass is 1470 g/mol. The molecule has 0 aromatic heterocycles. The summed E-state index contributed by atoms with van der Waals surface area (Å²) in [6.45, 7) is 14.3. The molecule has 8 atom stereocenters. The first-order valence-electron chi connectivity index (χ1n) is 41.8. The minimum absolute atomic E-state index is 0.105. The van der Waals surface area contributed by atoms with E-state index >= 15 is 0 Å². The fraction of sp³-hybridized carbons (Fsp3) is 0.951. The quantitative estimate of drug-likeness (QED) is 0.0222. The van der Waals surface area contributed by atoms with Crippen molar-refractivity contribution in [2.24, 2.45) is 23.7 Å². The lowest BCUT2D eigenvalue weighted by molar-refractivity contribution is -0.161. The molecule has 100 heavy (non-hydrogen) atoms. The van der Waals surface area contributed by atoms with Crippen LogP contribution in [-0.2, 0) is 65.4 Å². The van der Waals surface area contributed by atoms with Crippen molar-refractivity contribution in [1.82, 2.24) is 0 Å². The third-order valence-corrected chi connectivity index (χ3v) is 21.8. The summed E-state index contributed by atoms with van der Waals surface area (Å²) in [7, 11) is -9.92. The van der Waals surface area contributed by atoms with Crippen molar-refractivity contribution in [3.8, 4) is 0 Å². The zero-order valence-electron chi connectivity index (χ0n) is 65.8. The van der Waals surface area contributed by atoms with Crippen LogP contribution in [0.4, 0.5) is 0 Å². The molecule has 5 unspecified atom stereocenters. The Labute approximate surface area is 613 Å². The number of carbonyl (C=O) groups is 4. The molecule has 594 valence electrons. The van der Waals surface area contributed by atoms with Gasteiger partial charge >= 0.3 is 39.5 Å². The fourth-order valence-electron chi connectivity index (χ4n) is 12.3. The van der Waals surface area contributed by atoms with Gasteiger partial charge in [0, 0.05) is 25.7 Å². The largest absolute Gasteiger partial charge is 0.472 e. The van der Waals surface area contributed by atoms with Crippen molar-refractivity contribution in [2.75, 3.05) is 39.6 Å². The normalized spacial score (nSPS) is 14.8. The smallest absolute Gasteiger partial charge is 0.462 e. The summed E-state index contributed by atoms with van der Waals surface area (Å²) in [5.74, 6) is 1.08. The maximum absolute atomic E-state index is 13.1. The van der Waals surface area contributed by atoms with E-state index in [1.165, 1.54) is 218 Å². The molecule has 0 heterocycles. The Morgan fingerprint density at radius 1 is 0.280 bits per heavy atom. The molecule has 0 spiro atoms. The second kappa shape index (κ2) is 70.1. The van der Waals surface area contributed by atoms with E-state index in [1.807, 2.05) is 0 Å². The Morgan fingerprint density at radius 2 is 0.480 bits per heavy atom. The van der Waals surface area contributed by atoms with Gasteiger partial charge in [0.1, 0.15) is 19.3 Å². The van der Waals surface area contributed by atoms with Gasteiger partial charge in [-0.05, 0) is 49.4 Å². The highest BCUT2D eigenvalue weighted by molar-refractivity contribution is 7.47. The molecule has 0 radical (unpaired) electrons. The Hall–Kier alpha value is -1.94. The number of rotatable bonds is 78. The predicted molar refractivity (Wildman–Crippen MR) is 409 cm³/mol. The number of aliphatic hydroxyl groups excluding tert-OH is 1. The molecule has 0 fully saturated rings. The van der Waals surface area contributed by atoms with Crippen molar-refractivity contribution in [2.45, 2.75) is 433 Å². The number of esters is 4. The maximum Gasteiger partial charge on any atom is 0.472 e. The van der Waals surface area contributed by atoms with E-state index in [-0.39, 0.29) is 25.7 Å². The van der Waals surface area contributed by atoms with Crippen LogP contribution in [0.5, 0.6) is 0 Å². The van der Waals surface area contributed by atoms with Crippen molar-refractivity contribution in [3.63, 3.8) is 0 Å². The average Bonchev–Trinajstić information content (AvgIpc) is 0.944. The number of hydrogen-bond donors (Lipinski definition) is 3. The fourth-order valence-corrected chi connectivity index (χ4v) is 13.9. The summed E-state index contributed by atoms with van der Waals surface area (Å²) in [5, 5.41) is 10.6. The molecule has 0 rings (SSSR count). The third kappa shape index (κ3) is 70.4. The molecule has 3 N–H and O–H groups in total. The Kier molecular flexibility index (Phi) is 68.7. The number of carbonyl (C=O) groups excluding carboxylic acids is 4. The Balaban J connectivity index is 5.23. The summed E-state index contributed by atoms with van der Waals surface area (Å²) >= 11 is 0. The van der Waals surface area contributed by atoms with Crippen LogP contribution < -0.4 is 0 Å². The van der Waals surface area contributed by atoms with Crippen LogP contribution in [0.15, 0.2) is 0 Å². The second-order valence-corrected chi connectivity index (χ2v) is 33.3. The number of phosphoric ester groups is 2. The number of ether oxygens (including phenoxy) is 4. The van der Waals surface area contributed by atoms with Gasteiger partial charge in [0.05, 0.1) is 26.4 Å². The predicted octanol–water partition coefficient (Wildman–Crippen LogP) is 24.0. The third-order valence-electron chi connectivity index (χ3n) is 19.9. The number of aliphatic hydroxyl groups is 1. The minimum atomic E-state index is -4.96. The summed E-state index contributed by atoms with van der Waals surface area (Å²) in [6, 6.07) is 0. The summed E-state index contributed by atoms with van der Waals surface area (Å²) in [6.07, 6.45) is 56.8. The molecule has 0 amide bonds. The molecule has 0 aliphatic rings. The van der Waals surface area contributed by atoms with Gasteiger partial charge in [0.2, 0.25) is 0 Å².